The average Bonchev–Trinajstić information content (AvgIpc) is 2.68. The number of benzene rings is 2. The van der Waals surface area contributed by atoms with Crippen molar-refractivity contribution in [2.45, 2.75) is 33.0 Å². The van der Waals surface area contributed by atoms with Crippen LogP contribution in [0, 0.1) is 0 Å². The zero-order valence-electron chi connectivity index (χ0n) is 15.5. The number of esters is 1. The predicted octanol–water partition coefficient (Wildman–Crippen LogP) is 3.75. The van der Waals surface area contributed by atoms with Gasteiger partial charge in [-0.2, -0.15) is 0 Å². The van der Waals surface area contributed by atoms with E-state index in [-0.39, 0.29) is 5.97 Å². The molecule has 0 bridgehead atoms. The van der Waals surface area contributed by atoms with Gasteiger partial charge in [-0.15, -0.1) is 0 Å². The lowest BCUT2D eigenvalue weighted by Crippen LogP contribution is -2.28. The normalized spacial score (nSPS) is 12.5. The minimum Gasteiger partial charge on any atom is -0.467 e. The maximum Gasteiger partial charge on any atom is 0.335 e. The third kappa shape index (κ3) is 6.01. The van der Waals surface area contributed by atoms with Gasteiger partial charge in [-0.05, 0) is 36.6 Å². The van der Waals surface area contributed by atoms with Crippen molar-refractivity contribution < 1.29 is 19.1 Å². The van der Waals surface area contributed by atoms with E-state index < -0.39 is 6.10 Å². The molecule has 0 unspecified atom stereocenters. The summed E-state index contributed by atoms with van der Waals surface area (Å²) in [7, 11) is 1.37. The summed E-state index contributed by atoms with van der Waals surface area (Å²) in [4.78, 5) is 17.3. The molecule has 0 saturated carbocycles. The molecular weight excluding hydrogens is 330 g/mol. The van der Waals surface area contributed by atoms with Gasteiger partial charge in [0.2, 0.25) is 0 Å². The summed E-state index contributed by atoms with van der Waals surface area (Å²) in [6.07, 6.45) is -0.154. The van der Waals surface area contributed by atoms with Crippen molar-refractivity contribution in [2.75, 3.05) is 13.7 Å². The molecule has 0 aliphatic rings. The maximum absolute atomic E-state index is 11.8. The van der Waals surface area contributed by atoms with Gasteiger partial charge in [-0.1, -0.05) is 53.7 Å². The number of carbonyl (C=O) groups is 1. The van der Waals surface area contributed by atoms with Crippen molar-refractivity contribution in [1.82, 2.24) is 0 Å². The van der Waals surface area contributed by atoms with Crippen LogP contribution in [0.15, 0.2) is 59.8 Å². The SMILES string of the molecule is CCO[C@@H](Cc1cccc(/C(C)=N/OCc2ccccc2)c1)C(=O)OC. The fourth-order valence-electron chi connectivity index (χ4n) is 2.51. The Kier molecular flexibility index (Phi) is 7.83. The first-order valence-electron chi connectivity index (χ1n) is 8.63. The van der Waals surface area contributed by atoms with Crippen molar-refractivity contribution in [3.63, 3.8) is 0 Å². The molecule has 0 aromatic heterocycles. The lowest BCUT2D eigenvalue weighted by atomic mass is 10.0. The van der Waals surface area contributed by atoms with Crippen LogP contribution >= 0.6 is 0 Å². The Balaban J connectivity index is 2.02. The second-order valence-electron chi connectivity index (χ2n) is 5.81. The highest BCUT2D eigenvalue weighted by Crippen LogP contribution is 2.12. The summed E-state index contributed by atoms with van der Waals surface area (Å²) >= 11 is 0. The number of nitrogens with zero attached hydrogens (tertiary/aromatic N) is 1. The van der Waals surface area contributed by atoms with E-state index in [9.17, 15) is 4.79 Å². The van der Waals surface area contributed by atoms with Crippen LogP contribution < -0.4 is 0 Å². The molecule has 0 N–H and O–H groups in total. The molecule has 0 heterocycles. The van der Waals surface area contributed by atoms with Crippen LogP contribution in [-0.2, 0) is 32.1 Å². The van der Waals surface area contributed by atoms with Crippen molar-refractivity contribution in [2.24, 2.45) is 5.16 Å². The zero-order valence-corrected chi connectivity index (χ0v) is 15.5. The minimum absolute atomic E-state index is 0.367. The molecule has 1 atom stereocenters. The first-order valence-corrected chi connectivity index (χ1v) is 8.63. The molecule has 2 aromatic rings. The van der Waals surface area contributed by atoms with Crippen LogP contribution in [0.3, 0.4) is 0 Å². The van der Waals surface area contributed by atoms with Gasteiger partial charge in [-0.25, -0.2) is 4.79 Å². The van der Waals surface area contributed by atoms with E-state index in [0.717, 1.165) is 22.4 Å². The summed E-state index contributed by atoms with van der Waals surface area (Å²) < 4.78 is 10.3. The van der Waals surface area contributed by atoms with E-state index in [1.54, 1.807) is 0 Å². The van der Waals surface area contributed by atoms with Crippen molar-refractivity contribution in [3.05, 3.63) is 71.3 Å². The first-order chi connectivity index (χ1) is 12.6. The highest BCUT2D eigenvalue weighted by Gasteiger charge is 2.20. The summed E-state index contributed by atoms with van der Waals surface area (Å²) in [6, 6.07) is 17.7. The number of carbonyl (C=O) groups excluding carboxylic acids is 1. The fourth-order valence-corrected chi connectivity index (χ4v) is 2.51. The molecular formula is C21H25NO4. The quantitative estimate of drug-likeness (QED) is 0.390. The van der Waals surface area contributed by atoms with E-state index >= 15 is 0 Å². The van der Waals surface area contributed by atoms with Crippen LogP contribution in [0.5, 0.6) is 0 Å². The van der Waals surface area contributed by atoms with Gasteiger partial charge in [0, 0.05) is 13.0 Å². The summed E-state index contributed by atoms with van der Waals surface area (Å²) in [5.74, 6) is -0.367. The molecule has 138 valence electrons. The topological polar surface area (TPSA) is 57.1 Å². The molecule has 26 heavy (non-hydrogen) atoms. The van der Waals surface area contributed by atoms with Gasteiger partial charge >= 0.3 is 5.97 Å². The molecule has 0 saturated heterocycles. The number of methoxy groups -OCH3 is 1. The molecule has 5 nitrogen and oxygen atoms in total. The molecule has 0 aliphatic heterocycles. The van der Waals surface area contributed by atoms with Crippen LogP contribution in [0.4, 0.5) is 0 Å². The third-order valence-electron chi connectivity index (χ3n) is 3.87. The van der Waals surface area contributed by atoms with E-state index in [0.29, 0.717) is 19.6 Å². The molecule has 0 fully saturated rings. The van der Waals surface area contributed by atoms with Gasteiger partial charge in [0.05, 0.1) is 12.8 Å². The van der Waals surface area contributed by atoms with Gasteiger partial charge in [0.25, 0.3) is 0 Å². The Bertz CT molecular complexity index is 728. The Morgan fingerprint density at radius 1 is 1.08 bits per heavy atom. The van der Waals surface area contributed by atoms with Gasteiger partial charge in [0.1, 0.15) is 6.61 Å². The van der Waals surface area contributed by atoms with Crippen LogP contribution in [0.1, 0.15) is 30.5 Å². The molecule has 0 aliphatic carbocycles. The second-order valence-corrected chi connectivity index (χ2v) is 5.81. The van der Waals surface area contributed by atoms with Gasteiger partial charge < -0.3 is 14.3 Å². The molecule has 0 spiro atoms. The molecule has 0 radical (unpaired) electrons. The van der Waals surface area contributed by atoms with Crippen LogP contribution in [-0.4, -0.2) is 31.5 Å². The van der Waals surface area contributed by atoms with Crippen LogP contribution in [0.25, 0.3) is 0 Å². The summed E-state index contributed by atoms with van der Waals surface area (Å²) in [5.41, 5.74) is 3.75. The largest absolute Gasteiger partial charge is 0.467 e. The third-order valence-corrected chi connectivity index (χ3v) is 3.87. The maximum atomic E-state index is 11.8. The van der Waals surface area contributed by atoms with Gasteiger partial charge in [0.15, 0.2) is 6.10 Å². The summed E-state index contributed by atoms with van der Waals surface area (Å²) in [5, 5.41) is 4.19. The van der Waals surface area contributed by atoms with Crippen molar-refractivity contribution in [1.29, 1.82) is 0 Å². The number of hydrogen-bond donors (Lipinski definition) is 0. The Labute approximate surface area is 154 Å². The first kappa shape index (κ1) is 19.7. The Morgan fingerprint density at radius 2 is 1.81 bits per heavy atom. The lowest BCUT2D eigenvalue weighted by Gasteiger charge is -2.15. The second kappa shape index (κ2) is 10.4. The molecule has 2 rings (SSSR count). The fraction of sp³-hybridized carbons (Fsp3) is 0.333. The highest BCUT2D eigenvalue weighted by molar-refractivity contribution is 5.98. The van der Waals surface area contributed by atoms with Crippen LogP contribution in [0.2, 0.25) is 0 Å². The number of hydrogen-bond acceptors (Lipinski definition) is 5. The van der Waals surface area contributed by atoms with Crippen molar-refractivity contribution >= 4 is 11.7 Å². The standard InChI is InChI=1S/C21H25NO4/c1-4-25-20(21(23)24-3)14-18-11-8-12-19(13-18)16(2)22-26-15-17-9-6-5-7-10-17/h5-13,20H,4,14-15H2,1-3H3/b22-16+/t20-/m0/s1. The zero-order chi connectivity index (χ0) is 18.8. The lowest BCUT2D eigenvalue weighted by molar-refractivity contribution is -0.153. The number of oxime groups is 1. The van der Waals surface area contributed by atoms with Crippen molar-refractivity contribution in [3.8, 4) is 0 Å². The number of ether oxygens (including phenoxy) is 2. The van der Waals surface area contributed by atoms with E-state index in [4.69, 9.17) is 14.3 Å². The highest BCUT2D eigenvalue weighted by atomic mass is 16.6. The molecule has 2 aromatic carbocycles. The number of rotatable bonds is 9. The monoisotopic (exact) mass is 355 g/mol. The summed E-state index contributed by atoms with van der Waals surface area (Å²) in [6.45, 7) is 4.62. The predicted molar refractivity (Wildman–Crippen MR) is 101 cm³/mol. The van der Waals surface area contributed by atoms with E-state index in [2.05, 4.69) is 5.16 Å². The Morgan fingerprint density at radius 3 is 2.50 bits per heavy atom. The van der Waals surface area contributed by atoms with E-state index in [1.165, 1.54) is 7.11 Å². The molecule has 5 heteroatoms. The minimum atomic E-state index is -0.605. The average molecular weight is 355 g/mol. The van der Waals surface area contributed by atoms with E-state index in [1.807, 2.05) is 68.4 Å². The Hall–Kier alpha value is -2.66. The molecule has 0 amide bonds. The smallest absolute Gasteiger partial charge is 0.335 e. The van der Waals surface area contributed by atoms with Gasteiger partial charge in [-0.3, -0.25) is 0 Å².